The number of nitrogens with zero attached hydrogens (tertiary/aromatic N) is 6. The number of rotatable bonds is 2. The first-order valence-corrected chi connectivity index (χ1v) is 10.9. The standard InChI is InChI=1S/C22H25ClN6O2/c1-22(2,3)31-21(30)29-15-9-10-16(29)12-27(11-15)18-17-19(26-20(23)25-18)28(13-24-17)14-7-5-4-6-8-14/h4-8,13,15-16H,9-12H2,1-3H3/t15-,16+. The first-order chi connectivity index (χ1) is 14.8. The first-order valence-electron chi connectivity index (χ1n) is 10.5. The summed E-state index contributed by atoms with van der Waals surface area (Å²) in [4.78, 5) is 30.4. The fourth-order valence-electron chi connectivity index (χ4n) is 4.55. The Labute approximate surface area is 185 Å². The van der Waals surface area contributed by atoms with E-state index in [1.54, 1.807) is 6.33 Å². The lowest BCUT2D eigenvalue weighted by molar-refractivity contribution is 0.0123. The minimum Gasteiger partial charge on any atom is -0.444 e. The molecule has 0 N–H and O–H groups in total. The van der Waals surface area contributed by atoms with Crippen LogP contribution in [0.2, 0.25) is 5.28 Å². The van der Waals surface area contributed by atoms with Crippen molar-refractivity contribution in [2.45, 2.75) is 51.3 Å². The summed E-state index contributed by atoms with van der Waals surface area (Å²) < 4.78 is 7.56. The van der Waals surface area contributed by atoms with Crippen LogP contribution in [0.3, 0.4) is 0 Å². The quantitative estimate of drug-likeness (QED) is 0.559. The highest BCUT2D eigenvalue weighted by molar-refractivity contribution is 6.28. The van der Waals surface area contributed by atoms with E-state index in [0.29, 0.717) is 30.1 Å². The smallest absolute Gasteiger partial charge is 0.410 e. The molecule has 2 aliphatic rings. The fourth-order valence-corrected chi connectivity index (χ4v) is 4.71. The molecule has 2 bridgehead atoms. The van der Waals surface area contributed by atoms with Crippen LogP contribution in [0.5, 0.6) is 0 Å². The summed E-state index contributed by atoms with van der Waals surface area (Å²) in [6, 6.07) is 10.1. The second-order valence-corrected chi connectivity index (χ2v) is 9.45. The topological polar surface area (TPSA) is 76.4 Å². The molecule has 2 atom stereocenters. The molecule has 31 heavy (non-hydrogen) atoms. The van der Waals surface area contributed by atoms with Crippen LogP contribution < -0.4 is 4.90 Å². The van der Waals surface area contributed by atoms with E-state index in [2.05, 4.69) is 19.9 Å². The van der Waals surface area contributed by atoms with Crippen molar-refractivity contribution in [3.63, 3.8) is 0 Å². The van der Waals surface area contributed by atoms with Gasteiger partial charge in [0.25, 0.3) is 0 Å². The largest absolute Gasteiger partial charge is 0.444 e. The van der Waals surface area contributed by atoms with Gasteiger partial charge in [0, 0.05) is 18.8 Å². The van der Waals surface area contributed by atoms with E-state index in [0.717, 1.165) is 18.5 Å². The molecule has 0 aliphatic carbocycles. The summed E-state index contributed by atoms with van der Waals surface area (Å²) in [6.07, 6.45) is 3.40. The first kappa shape index (κ1) is 20.1. The highest BCUT2D eigenvalue weighted by atomic mass is 35.5. The molecule has 2 saturated heterocycles. The molecule has 8 nitrogen and oxygen atoms in total. The summed E-state index contributed by atoms with van der Waals surface area (Å²) in [5.74, 6) is 0.713. The van der Waals surface area contributed by atoms with E-state index in [1.807, 2.05) is 60.6 Å². The van der Waals surface area contributed by atoms with Crippen LogP contribution in [0.15, 0.2) is 36.7 Å². The Kier molecular flexibility index (Phi) is 4.77. The van der Waals surface area contributed by atoms with Crippen molar-refractivity contribution in [2.75, 3.05) is 18.0 Å². The normalized spacial score (nSPS) is 21.0. The lowest BCUT2D eigenvalue weighted by Gasteiger charge is -2.41. The molecule has 0 radical (unpaired) electrons. The molecule has 162 valence electrons. The number of imidazole rings is 1. The predicted octanol–water partition coefficient (Wildman–Crippen LogP) is 4.06. The minimum atomic E-state index is -0.510. The average Bonchev–Trinajstić information content (AvgIpc) is 3.25. The minimum absolute atomic E-state index is 0.0774. The lowest BCUT2D eigenvalue weighted by atomic mass is 10.2. The monoisotopic (exact) mass is 440 g/mol. The van der Waals surface area contributed by atoms with Crippen LogP contribution in [0.4, 0.5) is 10.6 Å². The van der Waals surface area contributed by atoms with Crippen LogP contribution in [-0.4, -0.2) is 61.3 Å². The van der Waals surface area contributed by atoms with Gasteiger partial charge in [0.1, 0.15) is 11.9 Å². The number of para-hydroxylation sites is 1. The predicted molar refractivity (Wildman–Crippen MR) is 119 cm³/mol. The van der Waals surface area contributed by atoms with E-state index in [9.17, 15) is 4.79 Å². The van der Waals surface area contributed by atoms with Gasteiger partial charge in [-0.1, -0.05) is 18.2 Å². The highest BCUT2D eigenvalue weighted by Gasteiger charge is 2.45. The van der Waals surface area contributed by atoms with Gasteiger partial charge in [-0.2, -0.15) is 9.97 Å². The SMILES string of the molecule is CC(C)(C)OC(=O)N1[C@@H]2CC[C@H]1CN(c1nc(Cl)nc3c1ncn3-c1ccccc1)C2. The number of anilines is 1. The number of hydrogen-bond acceptors (Lipinski definition) is 6. The zero-order valence-corrected chi connectivity index (χ0v) is 18.6. The van der Waals surface area contributed by atoms with Crippen LogP contribution in [-0.2, 0) is 4.74 Å². The molecule has 1 aromatic carbocycles. The van der Waals surface area contributed by atoms with Gasteiger partial charge in [-0.25, -0.2) is 9.78 Å². The number of halogens is 1. The molecule has 5 rings (SSSR count). The molecule has 2 fully saturated rings. The third kappa shape index (κ3) is 3.69. The van der Waals surface area contributed by atoms with Gasteiger partial charge < -0.3 is 9.64 Å². The van der Waals surface area contributed by atoms with Gasteiger partial charge in [-0.05, 0) is 57.3 Å². The molecule has 0 spiro atoms. The maximum atomic E-state index is 12.8. The van der Waals surface area contributed by atoms with Crippen molar-refractivity contribution in [2.24, 2.45) is 0 Å². The van der Waals surface area contributed by atoms with E-state index in [-0.39, 0.29) is 23.5 Å². The second kappa shape index (κ2) is 7.37. The van der Waals surface area contributed by atoms with E-state index >= 15 is 0 Å². The summed E-state index contributed by atoms with van der Waals surface area (Å²) in [7, 11) is 0. The fraction of sp³-hybridized carbons (Fsp3) is 0.455. The van der Waals surface area contributed by atoms with Gasteiger partial charge in [0.05, 0.1) is 12.1 Å². The molecule has 0 saturated carbocycles. The molecule has 0 unspecified atom stereocenters. The van der Waals surface area contributed by atoms with Gasteiger partial charge >= 0.3 is 6.09 Å². The molecule has 4 heterocycles. The molecular weight excluding hydrogens is 416 g/mol. The Morgan fingerprint density at radius 3 is 2.42 bits per heavy atom. The average molecular weight is 441 g/mol. The number of carbonyl (C=O) groups is 1. The molecule has 1 amide bonds. The van der Waals surface area contributed by atoms with Crippen LogP contribution in [0.1, 0.15) is 33.6 Å². The third-order valence-electron chi connectivity index (χ3n) is 5.77. The number of piperazine rings is 1. The van der Waals surface area contributed by atoms with Gasteiger partial charge in [0.15, 0.2) is 17.0 Å². The zero-order chi connectivity index (χ0) is 21.8. The Bertz CT molecular complexity index is 1110. The van der Waals surface area contributed by atoms with Crippen LogP contribution in [0, 0.1) is 0 Å². The number of amides is 1. The van der Waals surface area contributed by atoms with E-state index < -0.39 is 5.60 Å². The van der Waals surface area contributed by atoms with Gasteiger partial charge in [0.2, 0.25) is 5.28 Å². The Morgan fingerprint density at radius 1 is 1.10 bits per heavy atom. The summed E-state index contributed by atoms with van der Waals surface area (Å²) in [5.41, 5.74) is 1.83. The highest BCUT2D eigenvalue weighted by Crippen LogP contribution is 2.35. The lowest BCUT2D eigenvalue weighted by Crippen LogP contribution is -2.57. The van der Waals surface area contributed by atoms with Crippen LogP contribution >= 0.6 is 11.6 Å². The molecule has 2 aliphatic heterocycles. The van der Waals surface area contributed by atoms with Crippen LogP contribution in [0.25, 0.3) is 16.9 Å². The van der Waals surface area contributed by atoms with Crippen molar-refractivity contribution in [3.05, 3.63) is 41.9 Å². The number of ether oxygens (including phenoxy) is 1. The van der Waals surface area contributed by atoms with Crippen molar-refractivity contribution in [1.82, 2.24) is 24.4 Å². The summed E-state index contributed by atoms with van der Waals surface area (Å²) in [6.45, 7) is 7.01. The second-order valence-electron chi connectivity index (χ2n) is 9.12. The Hall–Kier alpha value is -2.87. The molecular formula is C22H25ClN6O2. The maximum Gasteiger partial charge on any atom is 0.410 e. The Balaban J connectivity index is 1.46. The third-order valence-corrected chi connectivity index (χ3v) is 5.94. The van der Waals surface area contributed by atoms with Gasteiger partial charge in [-0.15, -0.1) is 0 Å². The number of carbonyl (C=O) groups excluding carboxylic acids is 1. The van der Waals surface area contributed by atoms with Crippen molar-refractivity contribution < 1.29 is 9.53 Å². The molecule has 2 aromatic heterocycles. The zero-order valence-electron chi connectivity index (χ0n) is 17.8. The van der Waals surface area contributed by atoms with E-state index in [4.69, 9.17) is 16.3 Å². The maximum absolute atomic E-state index is 12.8. The summed E-state index contributed by atoms with van der Waals surface area (Å²) >= 11 is 6.33. The van der Waals surface area contributed by atoms with E-state index in [1.165, 1.54) is 0 Å². The number of aromatic nitrogens is 4. The molecule has 3 aromatic rings. The van der Waals surface area contributed by atoms with Crippen molar-refractivity contribution in [3.8, 4) is 5.69 Å². The van der Waals surface area contributed by atoms with Crippen molar-refractivity contribution >= 4 is 34.7 Å². The van der Waals surface area contributed by atoms with Gasteiger partial charge in [-0.3, -0.25) is 9.47 Å². The number of benzene rings is 1. The number of fused-ring (bicyclic) bond motifs is 3. The molecule has 9 heteroatoms. The summed E-state index contributed by atoms with van der Waals surface area (Å²) in [5, 5.41) is 0.182. The van der Waals surface area contributed by atoms with Crippen molar-refractivity contribution in [1.29, 1.82) is 0 Å². The number of hydrogen-bond donors (Lipinski definition) is 0. The Morgan fingerprint density at radius 2 is 1.77 bits per heavy atom.